The molecule has 1 rings (SSSR count). The maximum absolute atomic E-state index is 11.2. The van der Waals surface area contributed by atoms with Crippen LogP contribution in [0, 0.1) is 11.7 Å². The number of rotatable bonds is 2. The van der Waals surface area contributed by atoms with Gasteiger partial charge in [-0.15, -0.1) is 6.42 Å². The van der Waals surface area contributed by atoms with Crippen LogP contribution >= 0.6 is 0 Å². The molecule has 1 aromatic rings. The van der Waals surface area contributed by atoms with E-state index in [1.54, 1.807) is 5.25 Å². The Bertz CT molecular complexity index is 506. The highest BCUT2D eigenvalue weighted by Crippen LogP contribution is 2.12. The lowest BCUT2D eigenvalue weighted by Gasteiger charge is -1.98. The monoisotopic (exact) mass is 208 g/mol. The molecule has 3 nitrogen and oxygen atoms in total. The molecular weight excluding hydrogens is 200 g/mol. The van der Waals surface area contributed by atoms with Gasteiger partial charge in [-0.25, -0.2) is 8.42 Å². The third-order valence-corrected chi connectivity index (χ3v) is 2.89. The standard InChI is InChI=1S/C10H8O3S/c1-3-14(12,13)10-6-4-5-9(7-10)8(2)11/h1,4-7H,2H3. The molecular formula is C10H8O3S. The zero-order valence-corrected chi connectivity index (χ0v) is 8.34. The maximum atomic E-state index is 11.2. The van der Waals surface area contributed by atoms with Crippen LogP contribution in [0.3, 0.4) is 0 Å². The predicted octanol–water partition coefficient (Wildman–Crippen LogP) is 1.25. The van der Waals surface area contributed by atoms with Crippen LogP contribution < -0.4 is 0 Å². The Labute approximate surface area is 82.7 Å². The summed E-state index contributed by atoms with van der Waals surface area (Å²) in [6, 6.07) is 5.66. The van der Waals surface area contributed by atoms with Gasteiger partial charge < -0.3 is 0 Å². The van der Waals surface area contributed by atoms with Gasteiger partial charge >= 0.3 is 0 Å². The van der Waals surface area contributed by atoms with Crippen LogP contribution in [0.2, 0.25) is 0 Å². The molecule has 0 fully saturated rings. The molecule has 0 saturated heterocycles. The molecule has 0 unspecified atom stereocenters. The van der Waals surface area contributed by atoms with Crippen molar-refractivity contribution < 1.29 is 13.2 Å². The fourth-order valence-electron chi connectivity index (χ4n) is 0.950. The van der Waals surface area contributed by atoms with E-state index in [1.807, 2.05) is 0 Å². The number of hydrogen-bond donors (Lipinski definition) is 0. The fourth-order valence-corrected chi connectivity index (χ4v) is 1.63. The van der Waals surface area contributed by atoms with Gasteiger partial charge in [-0.1, -0.05) is 12.1 Å². The molecule has 72 valence electrons. The SMILES string of the molecule is C#CS(=O)(=O)c1cccc(C(C)=O)c1. The van der Waals surface area contributed by atoms with Crippen LogP contribution in [0.25, 0.3) is 0 Å². The summed E-state index contributed by atoms with van der Waals surface area (Å²) in [4.78, 5) is 10.9. The van der Waals surface area contributed by atoms with Gasteiger partial charge in [-0.2, -0.15) is 0 Å². The van der Waals surface area contributed by atoms with Crippen molar-refractivity contribution in [3.63, 3.8) is 0 Å². The van der Waals surface area contributed by atoms with Crippen molar-refractivity contribution in [1.82, 2.24) is 0 Å². The van der Waals surface area contributed by atoms with Crippen LogP contribution in [-0.2, 0) is 9.84 Å². The zero-order valence-electron chi connectivity index (χ0n) is 7.52. The Morgan fingerprint density at radius 1 is 1.43 bits per heavy atom. The predicted molar refractivity (Wildman–Crippen MR) is 52.5 cm³/mol. The summed E-state index contributed by atoms with van der Waals surface area (Å²) in [6.45, 7) is 1.36. The van der Waals surface area contributed by atoms with E-state index in [9.17, 15) is 13.2 Å². The topological polar surface area (TPSA) is 51.2 Å². The largest absolute Gasteiger partial charge is 0.295 e. The second-order valence-electron chi connectivity index (χ2n) is 2.71. The number of terminal acetylenes is 1. The Morgan fingerprint density at radius 3 is 2.57 bits per heavy atom. The molecule has 0 bridgehead atoms. The van der Waals surface area contributed by atoms with Gasteiger partial charge in [0.2, 0.25) is 9.84 Å². The van der Waals surface area contributed by atoms with E-state index in [2.05, 4.69) is 0 Å². The van der Waals surface area contributed by atoms with Crippen molar-refractivity contribution in [2.75, 3.05) is 0 Å². The molecule has 1 aromatic carbocycles. The molecule has 0 amide bonds. The number of benzene rings is 1. The summed E-state index contributed by atoms with van der Waals surface area (Å²) in [6.07, 6.45) is 4.84. The summed E-state index contributed by atoms with van der Waals surface area (Å²) < 4.78 is 22.5. The van der Waals surface area contributed by atoms with Crippen molar-refractivity contribution in [2.24, 2.45) is 0 Å². The van der Waals surface area contributed by atoms with E-state index in [1.165, 1.54) is 31.2 Å². The first-order valence-electron chi connectivity index (χ1n) is 3.81. The molecule has 0 N–H and O–H groups in total. The van der Waals surface area contributed by atoms with Crippen LogP contribution in [0.15, 0.2) is 29.2 Å². The van der Waals surface area contributed by atoms with E-state index < -0.39 is 9.84 Å². The normalized spacial score (nSPS) is 10.6. The minimum Gasteiger partial charge on any atom is -0.295 e. The van der Waals surface area contributed by atoms with Gasteiger partial charge in [0.25, 0.3) is 0 Å². The molecule has 0 saturated carbocycles. The lowest BCUT2D eigenvalue weighted by Crippen LogP contribution is -1.99. The van der Waals surface area contributed by atoms with Crippen molar-refractivity contribution in [1.29, 1.82) is 0 Å². The summed E-state index contributed by atoms with van der Waals surface area (Å²) in [5.41, 5.74) is 0.335. The Balaban J connectivity index is 3.35. The Kier molecular flexibility index (Phi) is 2.73. The van der Waals surface area contributed by atoms with Crippen LogP contribution in [-0.4, -0.2) is 14.2 Å². The van der Waals surface area contributed by atoms with Crippen LogP contribution in [0.4, 0.5) is 0 Å². The summed E-state index contributed by atoms with van der Waals surface area (Å²) in [5.74, 6) is -0.195. The van der Waals surface area contributed by atoms with Crippen molar-refractivity contribution in [3.05, 3.63) is 29.8 Å². The van der Waals surface area contributed by atoms with Gasteiger partial charge in [0, 0.05) is 10.8 Å². The number of carbonyl (C=O) groups excluding carboxylic acids is 1. The second-order valence-corrected chi connectivity index (χ2v) is 4.42. The molecule has 0 aliphatic heterocycles. The molecule has 0 aromatic heterocycles. The second kappa shape index (κ2) is 3.64. The number of Topliss-reactive ketones (excluding diaryl/α,β-unsaturated/α-hetero) is 1. The van der Waals surface area contributed by atoms with Crippen LogP contribution in [0.1, 0.15) is 17.3 Å². The first kappa shape index (κ1) is 10.5. The summed E-state index contributed by atoms with van der Waals surface area (Å²) in [7, 11) is -3.68. The molecule has 0 aliphatic rings. The van der Waals surface area contributed by atoms with E-state index in [0.29, 0.717) is 5.56 Å². The molecule has 14 heavy (non-hydrogen) atoms. The fraction of sp³-hybridized carbons (Fsp3) is 0.100. The first-order chi connectivity index (χ1) is 6.47. The van der Waals surface area contributed by atoms with E-state index in [0.717, 1.165) is 0 Å². The summed E-state index contributed by atoms with van der Waals surface area (Å²) in [5, 5.41) is 1.68. The molecule has 0 spiro atoms. The molecule has 0 radical (unpaired) electrons. The van der Waals surface area contributed by atoms with Crippen LogP contribution in [0.5, 0.6) is 0 Å². The highest BCUT2D eigenvalue weighted by Gasteiger charge is 2.11. The Morgan fingerprint density at radius 2 is 2.07 bits per heavy atom. The number of carbonyl (C=O) groups is 1. The molecule has 4 heteroatoms. The van der Waals surface area contributed by atoms with Crippen molar-refractivity contribution >= 4 is 15.6 Å². The smallest absolute Gasteiger partial charge is 0.244 e. The van der Waals surface area contributed by atoms with E-state index >= 15 is 0 Å². The average molecular weight is 208 g/mol. The quantitative estimate of drug-likeness (QED) is 0.417. The minimum atomic E-state index is -3.68. The van der Waals surface area contributed by atoms with Gasteiger partial charge in [0.15, 0.2) is 5.78 Å². The third-order valence-electron chi connectivity index (χ3n) is 1.71. The van der Waals surface area contributed by atoms with Gasteiger partial charge in [0.1, 0.15) is 0 Å². The lowest BCUT2D eigenvalue weighted by molar-refractivity contribution is 0.101. The van der Waals surface area contributed by atoms with Gasteiger partial charge in [0.05, 0.1) is 4.90 Å². The Hall–Kier alpha value is -1.60. The van der Waals surface area contributed by atoms with Gasteiger partial charge in [-0.05, 0) is 19.1 Å². The molecule has 0 aliphatic carbocycles. The first-order valence-corrected chi connectivity index (χ1v) is 5.29. The van der Waals surface area contributed by atoms with E-state index in [-0.39, 0.29) is 10.7 Å². The third kappa shape index (κ3) is 2.01. The summed E-state index contributed by atoms with van der Waals surface area (Å²) >= 11 is 0. The average Bonchev–Trinajstić information content (AvgIpc) is 2.18. The number of ketones is 1. The highest BCUT2D eigenvalue weighted by atomic mass is 32.2. The zero-order chi connectivity index (χ0) is 10.8. The maximum Gasteiger partial charge on any atom is 0.244 e. The highest BCUT2D eigenvalue weighted by molar-refractivity contribution is 7.96. The van der Waals surface area contributed by atoms with Gasteiger partial charge in [-0.3, -0.25) is 4.79 Å². The lowest BCUT2D eigenvalue weighted by atomic mass is 10.2. The van der Waals surface area contributed by atoms with Crippen molar-refractivity contribution in [3.8, 4) is 11.7 Å². The van der Waals surface area contributed by atoms with Crippen molar-refractivity contribution in [2.45, 2.75) is 11.8 Å². The molecule has 0 atom stereocenters. The minimum absolute atomic E-state index is 0.0206. The number of hydrogen-bond acceptors (Lipinski definition) is 3. The van der Waals surface area contributed by atoms with E-state index in [4.69, 9.17) is 6.42 Å². The number of sulfone groups is 1. The molecule has 0 heterocycles.